The maximum absolute atomic E-state index is 12.6. The van der Waals surface area contributed by atoms with Crippen LogP contribution in [0.25, 0.3) is 10.8 Å². The first-order valence-corrected chi connectivity index (χ1v) is 9.20. The molecule has 1 N–H and O–H groups in total. The van der Waals surface area contributed by atoms with Crippen molar-refractivity contribution in [3.63, 3.8) is 0 Å². The molecule has 1 heterocycles. The van der Waals surface area contributed by atoms with Crippen LogP contribution in [0.4, 0.5) is 0 Å². The summed E-state index contributed by atoms with van der Waals surface area (Å²) in [7, 11) is 0. The Morgan fingerprint density at radius 1 is 1.14 bits per heavy atom. The Labute approximate surface area is 162 Å². The van der Waals surface area contributed by atoms with E-state index in [1.165, 1.54) is 4.68 Å². The predicted molar refractivity (Wildman–Crippen MR) is 109 cm³/mol. The molecule has 2 aromatic carbocycles. The van der Waals surface area contributed by atoms with E-state index in [0.29, 0.717) is 23.9 Å². The number of rotatable bonds is 7. The van der Waals surface area contributed by atoms with Gasteiger partial charge >= 0.3 is 0 Å². The van der Waals surface area contributed by atoms with Gasteiger partial charge in [0.25, 0.3) is 11.5 Å². The molecule has 3 rings (SSSR count). The van der Waals surface area contributed by atoms with Crippen molar-refractivity contribution >= 4 is 22.9 Å². The zero-order valence-electron chi connectivity index (χ0n) is 15.9. The molecule has 0 bridgehead atoms. The number of hydrogen-bond donors (Lipinski definition) is 1. The third-order valence-electron chi connectivity index (χ3n) is 4.12. The summed E-state index contributed by atoms with van der Waals surface area (Å²) in [6, 6.07) is 14.3. The van der Waals surface area contributed by atoms with Crippen LogP contribution in [-0.4, -0.2) is 28.5 Å². The van der Waals surface area contributed by atoms with Crippen molar-refractivity contribution in [2.75, 3.05) is 6.61 Å². The molecule has 28 heavy (non-hydrogen) atoms. The summed E-state index contributed by atoms with van der Waals surface area (Å²) in [6.45, 7) is 4.90. The van der Waals surface area contributed by atoms with Gasteiger partial charge in [0.2, 0.25) is 0 Å². The van der Waals surface area contributed by atoms with E-state index < -0.39 is 5.91 Å². The van der Waals surface area contributed by atoms with Crippen LogP contribution in [0.3, 0.4) is 0 Å². The van der Waals surface area contributed by atoms with E-state index in [1.807, 2.05) is 31.2 Å². The number of ether oxygens (including phenoxy) is 1. The van der Waals surface area contributed by atoms with Crippen LogP contribution in [0.1, 0.15) is 36.3 Å². The van der Waals surface area contributed by atoms with Gasteiger partial charge < -0.3 is 4.74 Å². The van der Waals surface area contributed by atoms with Gasteiger partial charge in [-0.3, -0.25) is 9.59 Å². The number of aryl methyl sites for hydroxylation is 1. The number of benzene rings is 2. The van der Waals surface area contributed by atoms with Crippen molar-refractivity contribution in [3.8, 4) is 5.75 Å². The van der Waals surface area contributed by atoms with Gasteiger partial charge in [0.15, 0.2) is 5.69 Å². The molecule has 3 aromatic rings. The second-order valence-electron chi connectivity index (χ2n) is 6.13. The van der Waals surface area contributed by atoms with Crippen molar-refractivity contribution in [1.29, 1.82) is 0 Å². The van der Waals surface area contributed by atoms with Gasteiger partial charge in [-0.2, -0.15) is 10.2 Å². The Hall–Kier alpha value is -3.48. The molecule has 0 radical (unpaired) electrons. The molecule has 0 fully saturated rings. The summed E-state index contributed by atoms with van der Waals surface area (Å²) < 4.78 is 6.81. The number of carbonyl (C=O) groups is 1. The fourth-order valence-corrected chi connectivity index (χ4v) is 2.71. The Kier molecular flexibility index (Phi) is 6.16. The maximum Gasteiger partial charge on any atom is 0.292 e. The van der Waals surface area contributed by atoms with E-state index in [4.69, 9.17) is 4.74 Å². The smallest absolute Gasteiger partial charge is 0.292 e. The topological polar surface area (TPSA) is 85.6 Å². The quantitative estimate of drug-likeness (QED) is 0.506. The van der Waals surface area contributed by atoms with Crippen LogP contribution in [0.2, 0.25) is 0 Å². The van der Waals surface area contributed by atoms with Crippen LogP contribution >= 0.6 is 0 Å². The van der Waals surface area contributed by atoms with Gasteiger partial charge in [-0.15, -0.1) is 0 Å². The zero-order chi connectivity index (χ0) is 19.9. The first kappa shape index (κ1) is 19.3. The lowest BCUT2D eigenvalue weighted by atomic mass is 10.1. The lowest BCUT2D eigenvalue weighted by Crippen LogP contribution is -2.28. The lowest BCUT2D eigenvalue weighted by molar-refractivity contribution is 0.0949. The largest absolute Gasteiger partial charge is 0.494 e. The third-order valence-corrected chi connectivity index (χ3v) is 4.12. The normalized spacial score (nSPS) is 11.1. The fourth-order valence-electron chi connectivity index (χ4n) is 2.71. The molecule has 0 aliphatic heterocycles. The highest BCUT2D eigenvalue weighted by atomic mass is 16.5. The highest BCUT2D eigenvalue weighted by molar-refractivity contribution is 6.04. The molecule has 7 nitrogen and oxygen atoms in total. The van der Waals surface area contributed by atoms with Crippen LogP contribution in [0.5, 0.6) is 5.75 Å². The van der Waals surface area contributed by atoms with E-state index in [2.05, 4.69) is 15.6 Å². The molecule has 0 atom stereocenters. The molecule has 0 aliphatic rings. The van der Waals surface area contributed by atoms with E-state index in [1.54, 1.807) is 37.4 Å². The zero-order valence-corrected chi connectivity index (χ0v) is 15.9. The van der Waals surface area contributed by atoms with E-state index >= 15 is 0 Å². The predicted octanol–water partition coefficient (Wildman–Crippen LogP) is 2.97. The second kappa shape index (κ2) is 8.94. The minimum Gasteiger partial charge on any atom is -0.494 e. The van der Waals surface area contributed by atoms with Gasteiger partial charge in [0.05, 0.1) is 18.2 Å². The summed E-state index contributed by atoms with van der Waals surface area (Å²) >= 11 is 0. The molecule has 0 spiro atoms. The van der Waals surface area contributed by atoms with Gasteiger partial charge in [0, 0.05) is 11.9 Å². The number of fused-ring (bicyclic) bond motifs is 1. The Morgan fingerprint density at radius 2 is 1.86 bits per heavy atom. The number of nitrogens with zero attached hydrogens (tertiary/aromatic N) is 3. The summed E-state index contributed by atoms with van der Waals surface area (Å²) in [4.78, 5) is 24.9. The van der Waals surface area contributed by atoms with Crippen molar-refractivity contribution in [1.82, 2.24) is 15.2 Å². The summed E-state index contributed by atoms with van der Waals surface area (Å²) in [5.74, 6) is 0.318. The molecule has 0 saturated heterocycles. The van der Waals surface area contributed by atoms with Crippen molar-refractivity contribution in [2.45, 2.75) is 26.8 Å². The molecule has 1 aromatic heterocycles. The van der Waals surface area contributed by atoms with Crippen molar-refractivity contribution < 1.29 is 9.53 Å². The average molecular weight is 378 g/mol. The van der Waals surface area contributed by atoms with Crippen LogP contribution in [0, 0.1) is 0 Å². The second-order valence-corrected chi connectivity index (χ2v) is 6.13. The Balaban J connectivity index is 1.77. The number of aromatic nitrogens is 2. The van der Waals surface area contributed by atoms with Crippen LogP contribution in [-0.2, 0) is 6.54 Å². The number of hydrazone groups is 1. The van der Waals surface area contributed by atoms with Crippen molar-refractivity contribution in [3.05, 3.63) is 70.1 Å². The number of amides is 1. The van der Waals surface area contributed by atoms with Crippen LogP contribution in [0.15, 0.2) is 58.4 Å². The van der Waals surface area contributed by atoms with Crippen molar-refractivity contribution in [2.24, 2.45) is 5.10 Å². The van der Waals surface area contributed by atoms with E-state index in [0.717, 1.165) is 17.7 Å². The van der Waals surface area contributed by atoms with E-state index in [-0.39, 0.29) is 11.3 Å². The third kappa shape index (κ3) is 4.25. The number of carbonyl (C=O) groups excluding carboxylic acids is 1. The highest BCUT2D eigenvalue weighted by Crippen LogP contribution is 2.13. The summed E-state index contributed by atoms with van der Waals surface area (Å²) in [5.41, 5.74) is 3.25. The molecule has 1 amide bonds. The van der Waals surface area contributed by atoms with Gasteiger partial charge in [-0.1, -0.05) is 25.1 Å². The molecule has 0 saturated carbocycles. The SMILES string of the molecule is CCCOc1ccc(/C=N\NC(=O)c2nn(CC)c(=O)c3ccccc23)cc1. The van der Waals surface area contributed by atoms with Gasteiger partial charge in [0.1, 0.15) is 5.75 Å². The average Bonchev–Trinajstić information content (AvgIpc) is 2.73. The lowest BCUT2D eigenvalue weighted by Gasteiger charge is -2.08. The first-order valence-electron chi connectivity index (χ1n) is 9.20. The first-order chi connectivity index (χ1) is 13.6. The minimum absolute atomic E-state index is 0.164. The van der Waals surface area contributed by atoms with Crippen LogP contribution < -0.4 is 15.7 Å². The molecule has 144 valence electrons. The number of hydrogen-bond acceptors (Lipinski definition) is 5. The molecular formula is C21H22N4O3. The molecule has 0 aliphatic carbocycles. The summed E-state index contributed by atoms with van der Waals surface area (Å²) in [5, 5.41) is 9.14. The maximum atomic E-state index is 12.6. The number of nitrogens with one attached hydrogen (secondary N) is 1. The molecular weight excluding hydrogens is 356 g/mol. The fraction of sp³-hybridized carbons (Fsp3) is 0.238. The monoisotopic (exact) mass is 378 g/mol. The molecule has 7 heteroatoms. The highest BCUT2D eigenvalue weighted by Gasteiger charge is 2.15. The van der Waals surface area contributed by atoms with Gasteiger partial charge in [-0.05, 0) is 49.2 Å². The molecule has 0 unspecified atom stereocenters. The Morgan fingerprint density at radius 3 is 2.54 bits per heavy atom. The summed E-state index contributed by atoms with van der Waals surface area (Å²) in [6.07, 6.45) is 2.49. The van der Waals surface area contributed by atoms with E-state index in [9.17, 15) is 9.59 Å². The standard InChI is InChI=1S/C21H22N4O3/c1-3-13-28-16-11-9-15(10-12-16)14-22-23-20(26)19-17-7-5-6-8-18(17)21(27)25(4-2)24-19/h5-12,14H,3-4,13H2,1-2H3,(H,23,26)/b22-14-. The van der Waals surface area contributed by atoms with Gasteiger partial charge in [-0.25, -0.2) is 10.1 Å². The minimum atomic E-state index is -0.474. The Bertz CT molecular complexity index is 1060.